The summed E-state index contributed by atoms with van der Waals surface area (Å²) in [5.41, 5.74) is 2.07. The Morgan fingerprint density at radius 2 is 2.40 bits per heavy atom. The monoisotopic (exact) mass is 82.0 g/mol. The van der Waals surface area contributed by atoms with Crippen LogP contribution < -0.4 is 0 Å². The second-order valence-electron chi connectivity index (χ2n) is 0.805. The Morgan fingerprint density at radius 1 is 1.80 bits per heavy atom. The van der Waals surface area contributed by atoms with Gasteiger partial charge in [-0.2, -0.15) is 0 Å². The van der Waals surface area contributed by atoms with Crippen LogP contribution in [-0.4, -0.2) is 18.1 Å². The summed E-state index contributed by atoms with van der Waals surface area (Å²) in [7, 11) is 6.21. The van der Waals surface area contributed by atoms with Crippen LogP contribution in [0, 0.1) is 0 Å². The van der Waals surface area contributed by atoms with E-state index in [1.807, 2.05) is 6.08 Å². The minimum Gasteiger partial charge on any atom is -0.110 e. The van der Waals surface area contributed by atoms with Crippen LogP contribution in [0.5, 0.6) is 0 Å². The maximum Gasteiger partial charge on any atom is 0.0708 e. The van der Waals surface area contributed by atoms with Crippen molar-refractivity contribution in [2.45, 2.75) is 6.32 Å². The predicted octanol–water partition coefficient (Wildman–Crippen LogP) is -0.548. The van der Waals surface area contributed by atoms with Gasteiger partial charge in [-0.05, 0) is 0 Å². The molecule has 26 valence electrons. The average Bonchev–Trinajstić information content (AvgIpc) is 1.41. The summed E-state index contributed by atoms with van der Waals surface area (Å²) in [4.78, 5) is 0. The Balaban J connectivity index is 2.62. The maximum absolute atomic E-state index is 5.07. The third-order valence-electron chi connectivity index (χ3n) is 0.372. The number of hydrogen-bond acceptors (Lipinski definition) is 0. The summed E-state index contributed by atoms with van der Waals surface area (Å²) in [5.74, 6) is 0. The minimum absolute atomic E-state index is 0.698. The highest BCUT2D eigenvalue weighted by Crippen LogP contribution is 1.67. The summed E-state index contributed by atoms with van der Waals surface area (Å²) in [5, 5.41) is 0. The normalized spacial score (nSPS) is 10.4. The van der Waals surface area contributed by atoms with E-state index in [1.165, 1.54) is 0 Å². The first-order valence-electron chi connectivity index (χ1n) is 1.73. The fraction of sp³-hybridized carbons (Fsp3) is 0.333. The third kappa shape index (κ3) is 4.02. The van der Waals surface area contributed by atoms with Gasteiger partial charge >= 0.3 is 0 Å². The topological polar surface area (TPSA) is 0 Å². The zero-order chi connectivity index (χ0) is 4.12. The van der Waals surface area contributed by atoms with Gasteiger partial charge in [0.25, 0.3) is 0 Å². The Bertz CT molecular complexity index is 33.9. The quantitative estimate of drug-likeness (QED) is 0.372. The van der Waals surface area contributed by atoms with Gasteiger partial charge in [-0.15, -0.1) is 11.8 Å². The molecule has 0 atom stereocenters. The molecule has 2 radical (unpaired) electrons. The fourth-order valence-electron chi connectivity index (χ4n) is 0.136. The first-order chi connectivity index (χ1) is 2.41. The molecule has 0 bridgehead atoms. The summed E-state index contributed by atoms with van der Waals surface area (Å²) in [6, 6.07) is 0. The molecule has 0 aromatic heterocycles. The van der Waals surface area contributed by atoms with Crippen LogP contribution in [0.15, 0.2) is 11.8 Å². The summed E-state index contributed by atoms with van der Waals surface area (Å²) >= 11 is 0. The lowest BCUT2D eigenvalue weighted by Crippen LogP contribution is -1.55. The molecule has 2 heteroatoms. The molecular weight excluding hydrogens is 74.9 g/mol. The van der Waals surface area contributed by atoms with Gasteiger partial charge in [-0.1, -0.05) is 6.32 Å². The molecule has 0 aromatic carbocycles. The molecule has 0 aliphatic carbocycles. The molecule has 0 aromatic rings. The molecule has 0 rings (SSSR count). The SMILES string of the molecule is [B]CC=C[SiH3]. The zero-order valence-electron chi connectivity index (χ0n) is 3.44. The van der Waals surface area contributed by atoms with Crippen molar-refractivity contribution < 1.29 is 0 Å². The number of rotatable bonds is 1. The predicted molar refractivity (Wildman–Crippen MR) is 29.6 cm³/mol. The van der Waals surface area contributed by atoms with Crippen molar-refractivity contribution in [1.29, 1.82) is 0 Å². The molecule has 0 fully saturated rings. The van der Waals surface area contributed by atoms with Gasteiger partial charge in [0.15, 0.2) is 0 Å². The van der Waals surface area contributed by atoms with Crippen molar-refractivity contribution in [3.63, 3.8) is 0 Å². The molecule has 0 spiro atoms. The molecule has 0 N–H and O–H groups in total. The van der Waals surface area contributed by atoms with E-state index in [2.05, 4.69) is 5.70 Å². The van der Waals surface area contributed by atoms with Crippen LogP contribution in [0.25, 0.3) is 0 Å². The van der Waals surface area contributed by atoms with Gasteiger partial charge in [-0.3, -0.25) is 0 Å². The fourth-order valence-corrected chi connectivity index (χ4v) is 0.408. The third-order valence-corrected chi connectivity index (χ3v) is 0.843. The largest absolute Gasteiger partial charge is 0.110 e. The average molecular weight is 82.0 g/mol. The highest BCUT2D eigenvalue weighted by atomic mass is 28.1. The molecule has 0 unspecified atom stereocenters. The Labute approximate surface area is 37.1 Å². The van der Waals surface area contributed by atoms with Crippen LogP contribution in [0.2, 0.25) is 6.32 Å². The zero-order valence-corrected chi connectivity index (χ0v) is 5.44. The van der Waals surface area contributed by atoms with Crippen molar-refractivity contribution in [2.24, 2.45) is 0 Å². The van der Waals surface area contributed by atoms with E-state index in [1.54, 1.807) is 0 Å². The number of allylic oxidation sites excluding steroid dienone is 1. The lowest BCUT2D eigenvalue weighted by molar-refractivity contribution is 1.75. The second kappa shape index (κ2) is 4.02. The van der Waals surface area contributed by atoms with Crippen LogP contribution in [0.1, 0.15) is 0 Å². The number of hydrogen-bond donors (Lipinski definition) is 0. The van der Waals surface area contributed by atoms with Crippen LogP contribution in [0.3, 0.4) is 0 Å². The summed E-state index contributed by atoms with van der Waals surface area (Å²) < 4.78 is 0. The van der Waals surface area contributed by atoms with E-state index in [0.717, 1.165) is 10.2 Å². The first-order valence-corrected chi connectivity index (χ1v) is 2.88. The molecule has 0 aliphatic rings. The highest BCUT2D eigenvalue weighted by Gasteiger charge is 1.52. The molecule has 0 saturated heterocycles. The van der Waals surface area contributed by atoms with Gasteiger partial charge in [0.2, 0.25) is 0 Å². The molecule has 0 amide bonds. The lowest BCUT2D eigenvalue weighted by atomic mass is 10.1. The Hall–Kier alpha value is 0.0218. The van der Waals surface area contributed by atoms with E-state index in [0.29, 0.717) is 6.32 Å². The van der Waals surface area contributed by atoms with Crippen LogP contribution in [-0.2, 0) is 0 Å². The van der Waals surface area contributed by atoms with Gasteiger partial charge in [0, 0.05) is 10.2 Å². The van der Waals surface area contributed by atoms with Gasteiger partial charge in [0.1, 0.15) is 0 Å². The standard InChI is InChI=1S/C3H7BSi/c4-2-1-3-5/h1,3H,2H2,5H3. The smallest absolute Gasteiger partial charge is 0.0708 e. The van der Waals surface area contributed by atoms with E-state index >= 15 is 0 Å². The van der Waals surface area contributed by atoms with E-state index in [9.17, 15) is 0 Å². The highest BCUT2D eigenvalue weighted by molar-refractivity contribution is 6.18. The van der Waals surface area contributed by atoms with Crippen LogP contribution in [0.4, 0.5) is 0 Å². The molecule has 0 nitrogen and oxygen atoms in total. The molecule has 5 heavy (non-hydrogen) atoms. The van der Waals surface area contributed by atoms with Crippen molar-refractivity contribution >= 4 is 18.1 Å². The van der Waals surface area contributed by atoms with Gasteiger partial charge < -0.3 is 0 Å². The molecule has 0 heterocycles. The van der Waals surface area contributed by atoms with Crippen molar-refractivity contribution in [3.05, 3.63) is 11.8 Å². The molecule has 0 aliphatic heterocycles. The summed E-state index contributed by atoms with van der Waals surface area (Å²) in [6.45, 7) is 0. The Morgan fingerprint density at radius 3 is 2.40 bits per heavy atom. The van der Waals surface area contributed by atoms with Gasteiger partial charge in [0.05, 0.1) is 7.85 Å². The second-order valence-corrected chi connectivity index (χ2v) is 1.47. The maximum atomic E-state index is 5.07. The minimum atomic E-state index is 0.698. The van der Waals surface area contributed by atoms with Crippen molar-refractivity contribution in [3.8, 4) is 0 Å². The van der Waals surface area contributed by atoms with E-state index < -0.39 is 0 Å². The lowest BCUT2D eigenvalue weighted by Gasteiger charge is -1.64. The Kier molecular flexibility index (Phi) is 4.04. The summed E-state index contributed by atoms with van der Waals surface area (Å²) in [6.07, 6.45) is 2.66. The van der Waals surface area contributed by atoms with Crippen LogP contribution >= 0.6 is 0 Å². The van der Waals surface area contributed by atoms with E-state index in [-0.39, 0.29) is 0 Å². The van der Waals surface area contributed by atoms with E-state index in [4.69, 9.17) is 7.85 Å². The van der Waals surface area contributed by atoms with Crippen molar-refractivity contribution in [1.82, 2.24) is 0 Å². The first kappa shape index (κ1) is 5.02. The van der Waals surface area contributed by atoms with Gasteiger partial charge in [-0.25, -0.2) is 0 Å². The molecular formula is C3H7BSi. The molecule has 0 saturated carbocycles. The van der Waals surface area contributed by atoms with Crippen molar-refractivity contribution in [2.75, 3.05) is 0 Å².